The topological polar surface area (TPSA) is 67.4 Å². The Morgan fingerprint density at radius 3 is 2.34 bits per heavy atom. The molecule has 1 saturated carbocycles. The number of benzene rings is 2. The molecule has 0 atom stereocenters. The molecule has 0 aromatic heterocycles. The van der Waals surface area contributed by atoms with Gasteiger partial charge < -0.3 is 15.4 Å². The van der Waals surface area contributed by atoms with Crippen LogP contribution in [0.15, 0.2) is 48.5 Å². The second kappa shape index (κ2) is 10.1. The SMILES string of the molecule is COc1cccc(CCNC(=O)C2CCC(C(=O)Nc3ccccc3C)CC2)c1. The van der Waals surface area contributed by atoms with Crippen LogP contribution < -0.4 is 15.4 Å². The second-order valence-electron chi connectivity index (χ2n) is 7.75. The van der Waals surface area contributed by atoms with Gasteiger partial charge in [-0.3, -0.25) is 9.59 Å². The number of carbonyl (C=O) groups excluding carboxylic acids is 2. The van der Waals surface area contributed by atoms with Crippen LogP contribution in [0.1, 0.15) is 36.8 Å². The van der Waals surface area contributed by atoms with Gasteiger partial charge in [0.25, 0.3) is 0 Å². The third-order valence-electron chi connectivity index (χ3n) is 5.72. The molecule has 5 nitrogen and oxygen atoms in total. The van der Waals surface area contributed by atoms with Gasteiger partial charge in [0.1, 0.15) is 5.75 Å². The first-order chi connectivity index (χ1) is 14.1. The maximum absolute atomic E-state index is 12.6. The number of ether oxygens (including phenoxy) is 1. The van der Waals surface area contributed by atoms with E-state index in [2.05, 4.69) is 10.6 Å². The van der Waals surface area contributed by atoms with Crippen molar-refractivity contribution >= 4 is 17.5 Å². The van der Waals surface area contributed by atoms with E-state index >= 15 is 0 Å². The number of rotatable bonds is 7. The molecule has 2 aromatic rings. The fourth-order valence-electron chi connectivity index (χ4n) is 3.87. The molecule has 154 valence electrons. The minimum atomic E-state index is -0.0181. The zero-order chi connectivity index (χ0) is 20.6. The lowest BCUT2D eigenvalue weighted by Gasteiger charge is -2.27. The van der Waals surface area contributed by atoms with Gasteiger partial charge in [0.2, 0.25) is 11.8 Å². The number of methoxy groups -OCH3 is 1. The van der Waals surface area contributed by atoms with Gasteiger partial charge in [-0.05, 0) is 68.4 Å². The summed E-state index contributed by atoms with van der Waals surface area (Å²) in [5.41, 5.74) is 3.07. The zero-order valence-corrected chi connectivity index (χ0v) is 17.2. The number of aryl methyl sites for hydroxylation is 1. The molecule has 3 rings (SSSR count). The van der Waals surface area contributed by atoms with E-state index in [4.69, 9.17) is 4.74 Å². The molecule has 0 bridgehead atoms. The summed E-state index contributed by atoms with van der Waals surface area (Å²) in [5.74, 6) is 0.983. The van der Waals surface area contributed by atoms with Crippen LogP contribution in [0.3, 0.4) is 0 Å². The fraction of sp³-hybridized carbons (Fsp3) is 0.417. The van der Waals surface area contributed by atoms with Gasteiger partial charge in [-0.1, -0.05) is 30.3 Å². The number of carbonyl (C=O) groups is 2. The molecule has 0 aliphatic heterocycles. The summed E-state index contributed by atoms with van der Waals surface area (Å²) in [4.78, 5) is 25.0. The molecule has 2 amide bonds. The number of nitrogens with one attached hydrogen (secondary N) is 2. The molecule has 29 heavy (non-hydrogen) atoms. The van der Waals surface area contributed by atoms with E-state index in [1.807, 2.05) is 55.5 Å². The van der Waals surface area contributed by atoms with Gasteiger partial charge in [-0.2, -0.15) is 0 Å². The Morgan fingerprint density at radius 1 is 0.966 bits per heavy atom. The minimum Gasteiger partial charge on any atom is -0.497 e. The minimum absolute atomic E-state index is 0.00261. The van der Waals surface area contributed by atoms with Crippen molar-refractivity contribution < 1.29 is 14.3 Å². The van der Waals surface area contributed by atoms with Crippen LogP contribution in [0.2, 0.25) is 0 Å². The van der Waals surface area contributed by atoms with E-state index < -0.39 is 0 Å². The van der Waals surface area contributed by atoms with Crippen molar-refractivity contribution in [3.63, 3.8) is 0 Å². The van der Waals surface area contributed by atoms with Gasteiger partial charge in [0, 0.05) is 24.1 Å². The summed E-state index contributed by atoms with van der Waals surface area (Å²) in [6.07, 6.45) is 3.81. The normalized spacial score (nSPS) is 18.7. The lowest BCUT2D eigenvalue weighted by molar-refractivity contribution is -0.128. The van der Waals surface area contributed by atoms with Crippen LogP contribution in [-0.2, 0) is 16.0 Å². The van der Waals surface area contributed by atoms with E-state index in [0.29, 0.717) is 6.54 Å². The first-order valence-electron chi connectivity index (χ1n) is 10.3. The Labute approximate surface area is 172 Å². The van der Waals surface area contributed by atoms with Crippen molar-refractivity contribution in [1.82, 2.24) is 5.32 Å². The van der Waals surface area contributed by atoms with Crippen molar-refractivity contribution in [2.75, 3.05) is 19.0 Å². The monoisotopic (exact) mass is 394 g/mol. The summed E-state index contributed by atoms with van der Waals surface area (Å²) in [6.45, 7) is 2.60. The highest BCUT2D eigenvalue weighted by molar-refractivity contribution is 5.93. The number of anilines is 1. The Hall–Kier alpha value is -2.82. The molecule has 1 aliphatic carbocycles. The van der Waals surface area contributed by atoms with Crippen molar-refractivity contribution in [2.24, 2.45) is 11.8 Å². The average molecular weight is 395 g/mol. The molecule has 0 unspecified atom stereocenters. The van der Waals surface area contributed by atoms with E-state index in [1.54, 1.807) is 7.11 Å². The second-order valence-corrected chi connectivity index (χ2v) is 7.75. The Bertz CT molecular complexity index is 842. The largest absolute Gasteiger partial charge is 0.497 e. The molecule has 1 fully saturated rings. The smallest absolute Gasteiger partial charge is 0.227 e. The molecule has 5 heteroatoms. The van der Waals surface area contributed by atoms with E-state index in [1.165, 1.54) is 0 Å². The number of hydrogen-bond donors (Lipinski definition) is 2. The number of para-hydroxylation sites is 1. The van der Waals surface area contributed by atoms with Gasteiger partial charge in [0.05, 0.1) is 7.11 Å². The molecule has 0 radical (unpaired) electrons. The Balaban J connectivity index is 1.41. The van der Waals surface area contributed by atoms with Crippen LogP contribution in [-0.4, -0.2) is 25.5 Å². The lowest BCUT2D eigenvalue weighted by atomic mass is 9.81. The Morgan fingerprint density at radius 2 is 1.66 bits per heavy atom. The highest BCUT2D eigenvalue weighted by atomic mass is 16.5. The number of hydrogen-bond acceptors (Lipinski definition) is 3. The maximum atomic E-state index is 12.6. The van der Waals surface area contributed by atoms with Gasteiger partial charge in [-0.25, -0.2) is 0 Å². The molecule has 1 aliphatic rings. The van der Waals surface area contributed by atoms with E-state index in [-0.39, 0.29) is 23.7 Å². The van der Waals surface area contributed by atoms with Crippen LogP contribution in [0.4, 0.5) is 5.69 Å². The van der Waals surface area contributed by atoms with E-state index in [9.17, 15) is 9.59 Å². The van der Waals surface area contributed by atoms with Crippen molar-refractivity contribution in [3.05, 3.63) is 59.7 Å². The zero-order valence-electron chi connectivity index (χ0n) is 17.2. The summed E-state index contributed by atoms with van der Waals surface area (Å²) < 4.78 is 5.23. The predicted molar refractivity (Wildman–Crippen MR) is 115 cm³/mol. The van der Waals surface area contributed by atoms with Gasteiger partial charge >= 0.3 is 0 Å². The van der Waals surface area contributed by atoms with E-state index in [0.717, 1.165) is 54.7 Å². The molecular formula is C24H30N2O3. The standard InChI is InChI=1S/C24H30N2O3/c1-17-6-3-4-9-22(17)26-24(28)20-12-10-19(11-13-20)23(27)25-15-14-18-7-5-8-21(16-18)29-2/h3-9,16,19-20H,10-15H2,1-2H3,(H,25,27)(H,26,28). The summed E-state index contributed by atoms with van der Waals surface area (Å²) in [6, 6.07) is 15.7. The number of amides is 2. The fourth-order valence-corrected chi connectivity index (χ4v) is 3.87. The van der Waals surface area contributed by atoms with Crippen molar-refractivity contribution in [1.29, 1.82) is 0 Å². The quantitative estimate of drug-likeness (QED) is 0.743. The first-order valence-corrected chi connectivity index (χ1v) is 10.3. The van der Waals surface area contributed by atoms with Crippen LogP contribution in [0.25, 0.3) is 0 Å². The Kier molecular flexibility index (Phi) is 7.28. The van der Waals surface area contributed by atoms with Gasteiger partial charge in [-0.15, -0.1) is 0 Å². The summed E-state index contributed by atoms with van der Waals surface area (Å²) in [5, 5.41) is 6.09. The first kappa shape index (κ1) is 20.9. The third kappa shape index (κ3) is 5.83. The summed E-state index contributed by atoms with van der Waals surface area (Å²) in [7, 11) is 1.65. The highest BCUT2D eigenvalue weighted by Gasteiger charge is 2.29. The molecule has 2 N–H and O–H groups in total. The van der Waals surface area contributed by atoms with Crippen molar-refractivity contribution in [3.8, 4) is 5.75 Å². The molecular weight excluding hydrogens is 364 g/mol. The van der Waals surface area contributed by atoms with Gasteiger partial charge in [0.15, 0.2) is 0 Å². The third-order valence-corrected chi connectivity index (χ3v) is 5.72. The highest BCUT2D eigenvalue weighted by Crippen LogP contribution is 2.30. The average Bonchev–Trinajstić information content (AvgIpc) is 2.75. The lowest BCUT2D eigenvalue weighted by Crippen LogP contribution is -2.36. The molecule has 0 saturated heterocycles. The van der Waals surface area contributed by atoms with Crippen molar-refractivity contribution in [2.45, 2.75) is 39.0 Å². The maximum Gasteiger partial charge on any atom is 0.227 e. The molecule has 2 aromatic carbocycles. The molecule has 0 heterocycles. The summed E-state index contributed by atoms with van der Waals surface area (Å²) >= 11 is 0. The van der Waals surface area contributed by atoms with Crippen LogP contribution >= 0.6 is 0 Å². The molecule has 0 spiro atoms. The van der Waals surface area contributed by atoms with Crippen LogP contribution in [0, 0.1) is 18.8 Å². The predicted octanol–water partition coefficient (Wildman–Crippen LogP) is 4.11. The van der Waals surface area contributed by atoms with Crippen LogP contribution in [0.5, 0.6) is 5.75 Å².